The van der Waals surface area contributed by atoms with Gasteiger partial charge in [-0.15, -0.1) is 0 Å². The van der Waals surface area contributed by atoms with Gasteiger partial charge in [-0.2, -0.15) is 0 Å². The first-order valence-electron chi connectivity index (χ1n) is 6.16. The molecule has 1 aliphatic rings. The first kappa shape index (κ1) is 11.6. The summed E-state index contributed by atoms with van der Waals surface area (Å²) in [5.74, 6) is 0.546. The highest BCUT2D eigenvalue weighted by Crippen LogP contribution is 2.32. The molecule has 1 fully saturated rings. The van der Waals surface area contributed by atoms with E-state index in [0.717, 1.165) is 24.5 Å². The van der Waals surface area contributed by atoms with Gasteiger partial charge in [0, 0.05) is 0 Å². The van der Waals surface area contributed by atoms with Gasteiger partial charge in [0.2, 0.25) is 0 Å². The summed E-state index contributed by atoms with van der Waals surface area (Å²) in [6, 6.07) is 6.69. The van der Waals surface area contributed by atoms with Crippen LogP contribution < -0.4 is 0 Å². The first-order chi connectivity index (χ1) is 7.79. The minimum atomic E-state index is -0.177. The lowest BCUT2D eigenvalue weighted by molar-refractivity contribution is -0.0195. The Morgan fingerprint density at radius 3 is 2.56 bits per heavy atom. The Hall–Kier alpha value is -0.890. The van der Waals surface area contributed by atoms with Crippen molar-refractivity contribution in [1.82, 2.24) is 0 Å². The Kier molecular flexibility index (Phi) is 3.94. The Balaban J connectivity index is 1.91. The second-order valence-corrected chi connectivity index (χ2v) is 4.61. The minimum absolute atomic E-state index is 0.175. The molecule has 0 N–H and O–H groups in total. The summed E-state index contributed by atoms with van der Waals surface area (Å²) >= 11 is 0. The van der Waals surface area contributed by atoms with E-state index < -0.39 is 0 Å². The van der Waals surface area contributed by atoms with Gasteiger partial charge in [-0.1, -0.05) is 25.5 Å². The largest absolute Gasteiger partial charge is 0.373 e. The lowest BCUT2D eigenvalue weighted by Crippen LogP contribution is -2.20. The quantitative estimate of drug-likeness (QED) is 0.748. The van der Waals surface area contributed by atoms with Crippen molar-refractivity contribution >= 4 is 0 Å². The molecule has 2 unspecified atom stereocenters. The minimum Gasteiger partial charge on any atom is -0.373 e. The molecule has 1 aromatic rings. The molecule has 0 radical (unpaired) electrons. The molecule has 2 rings (SSSR count). The van der Waals surface area contributed by atoms with Crippen LogP contribution in [0.3, 0.4) is 0 Å². The van der Waals surface area contributed by atoms with Crippen LogP contribution in [0.1, 0.15) is 44.3 Å². The van der Waals surface area contributed by atoms with Gasteiger partial charge in [-0.3, -0.25) is 0 Å². The summed E-state index contributed by atoms with van der Waals surface area (Å²) in [5.41, 5.74) is 1.11. The molecule has 2 atom stereocenters. The highest BCUT2D eigenvalue weighted by Gasteiger charge is 2.22. The number of benzene rings is 1. The standard InChI is InChI=1S/C14H19FO/c1-2-3-11-4-9-14(16-10-11)12-5-7-13(15)8-6-12/h5-8,11,14H,2-4,9-10H2,1H3. The fourth-order valence-corrected chi connectivity index (χ4v) is 2.38. The SMILES string of the molecule is CCCC1CCC(c2ccc(F)cc2)OC1. The molecule has 0 saturated carbocycles. The number of hydrogen-bond donors (Lipinski definition) is 0. The van der Waals surface area contributed by atoms with Crippen LogP contribution in [-0.2, 0) is 4.74 Å². The fourth-order valence-electron chi connectivity index (χ4n) is 2.38. The predicted octanol–water partition coefficient (Wildman–Crippen LogP) is 4.09. The Bertz CT molecular complexity index is 312. The lowest BCUT2D eigenvalue weighted by Gasteiger charge is -2.29. The second-order valence-electron chi connectivity index (χ2n) is 4.61. The third-order valence-corrected chi connectivity index (χ3v) is 3.31. The van der Waals surface area contributed by atoms with Crippen LogP contribution in [0, 0.1) is 11.7 Å². The summed E-state index contributed by atoms with van der Waals surface area (Å²) in [6.07, 6.45) is 4.96. The van der Waals surface area contributed by atoms with Gasteiger partial charge < -0.3 is 4.74 Å². The predicted molar refractivity (Wildman–Crippen MR) is 62.7 cm³/mol. The maximum Gasteiger partial charge on any atom is 0.123 e. The van der Waals surface area contributed by atoms with Crippen molar-refractivity contribution < 1.29 is 9.13 Å². The van der Waals surface area contributed by atoms with E-state index in [1.54, 1.807) is 0 Å². The molecular formula is C14H19FO. The monoisotopic (exact) mass is 222 g/mol. The van der Waals surface area contributed by atoms with Gasteiger partial charge >= 0.3 is 0 Å². The third-order valence-electron chi connectivity index (χ3n) is 3.31. The first-order valence-corrected chi connectivity index (χ1v) is 6.16. The van der Waals surface area contributed by atoms with Crippen molar-refractivity contribution in [1.29, 1.82) is 0 Å². The van der Waals surface area contributed by atoms with Crippen LogP contribution in [0.4, 0.5) is 4.39 Å². The zero-order valence-electron chi connectivity index (χ0n) is 9.79. The number of rotatable bonds is 3. The van der Waals surface area contributed by atoms with Crippen molar-refractivity contribution in [3.63, 3.8) is 0 Å². The average Bonchev–Trinajstić information content (AvgIpc) is 2.32. The van der Waals surface area contributed by atoms with E-state index in [4.69, 9.17) is 4.74 Å². The zero-order valence-corrected chi connectivity index (χ0v) is 9.79. The van der Waals surface area contributed by atoms with E-state index >= 15 is 0 Å². The molecule has 1 nitrogen and oxygen atoms in total. The highest BCUT2D eigenvalue weighted by atomic mass is 19.1. The van der Waals surface area contributed by atoms with Crippen LogP contribution in [0.5, 0.6) is 0 Å². The summed E-state index contributed by atoms with van der Waals surface area (Å²) in [7, 11) is 0. The molecule has 2 heteroatoms. The third kappa shape index (κ3) is 2.82. The van der Waals surface area contributed by atoms with Crippen molar-refractivity contribution in [2.75, 3.05) is 6.61 Å². The van der Waals surface area contributed by atoms with Crippen molar-refractivity contribution in [2.45, 2.75) is 38.7 Å². The van der Waals surface area contributed by atoms with Crippen molar-refractivity contribution in [2.24, 2.45) is 5.92 Å². The van der Waals surface area contributed by atoms with E-state index in [0.29, 0.717) is 0 Å². The molecule has 88 valence electrons. The average molecular weight is 222 g/mol. The zero-order chi connectivity index (χ0) is 11.4. The molecular weight excluding hydrogens is 203 g/mol. The molecule has 0 aromatic heterocycles. The molecule has 0 amide bonds. The smallest absolute Gasteiger partial charge is 0.123 e. The van der Waals surface area contributed by atoms with Gasteiger partial charge in [-0.05, 0) is 42.9 Å². The molecule has 1 saturated heterocycles. The topological polar surface area (TPSA) is 9.23 Å². The van der Waals surface area contributed by atoms with Gasteiger partial charge in [0.15, 0.2) is 0 Å². The van der Waals surface area contributed by atoms with Crippen LogP contribution >= 0.6 is 0 Å². The number of ether oxygens (including phenoxy) is 1. The number of halogens is 1. The molecule has 0 bridgehead atoms. The van der Waals surface area contributed by atoms with E-state index in [1.807, 2.05) is 12.1 Å². The van der Waals surface area contributed by atoms with Gasteiger partial charge in [0.1, 0.15) is 5.82 Å². The molecule has 0 aliphatic carbocycles. The highest BCUT2D eigenvalue weighted by molar-refractivity contribution is 5.19. The summed E-state index contributed by atoms with van der Waals surface area (Å²) in [6.45, 7) is 3.07. The van der Waals surface area contributed by atoms with E-state index in [9.17, 15) is 4.39 Å². The van der Waals surface area contributed by atoms with Gasteiger partial charge in [-0.25, -0.2) is 4.39 Å². The van der Waals surface area contributed by atoms with E-state index in [1.165, 1.54) is 31.4 Å². The van der Waals surface area contributed by atoms with Crippen LogP contribution in [0.15, 0.2) is 24.3 Å². The van der Waals surface area contributed by atoms with Crippen molar-refractivity contribution in [3.8, 4) is 0 Å². The lowest BCUT2D eigenvalue weighted by atomic mass is 9.92. The Labute approximate surface area is 96.6 Å². The van der Waals surface area contributed by atoms with E-state index in [2.05, 4.69) is 6.92 Å². The maximum absolute atomic E-state index is 12.8. The Morgan fingerprint density at radius 1 is 1.25 bits per heavy atom. The second kappa shape index (κ2) is 5.44. The van der Waals surface area contributed by atoms with Crippen molar-refractivity contribution in [3.05, 3.63) is 35.6 Å². The number of hydrogen-bond acceptors (Lipinski definition) is 1. The summed E-state index contributed by atoms with van der Waals surface area (Å²) in [5, 5.41) is 0. The summed E-state index contributed by atoms with van der Waals surface area (Å²) in [4.78, 5) is 0. The summed E-state index contributed by atoms with van der Waals surface area (Å²) < 4.78 is 18.6. The van der Waals surface area contributed by atoms with Gasteiger partial charge in [0.05, 0.1) is 12.7 Å². The molecule has 1 aliphatic heterocycles. The fraction of sp³-hybridized carbons (Fsp3) is 0.571. The van der Waals surface area contributed by atoms with E-state index in [-0.39, 0.29) is 11.9 Å². The molecule has 16 heavy (non-hydrogen) atoms. The van der Waals surface area contributed by atoms with Gasteiger partial charge in [0.25, 0.3) is 0 Å². The Morgan fingerprint density at radius 2 is 2.00 bits per heavy atom. The maximum atomic E-state index is 12.8. The van der Waals surface area contributed by atoms with Crippen LogP contribution in [0.25, 0.3) is 0 Å². The molecule has 0 spiro atoms. The molecule has 1 aromatic carbocycles. The van der Waals surface area contributed by atoms with Crippen LogP contribution in [0.2, 0.25) is 0 Å². The molecule has 1 heterocycles. The van der Waals surface area contributed by atoms with Crippen LogP contribution in [-0.4, -0.2) is 6.61 Å². The normalized spacial score (nSPS) is 25.6.